The lowest BCUT2D eigenvalue weighted by atomic mass is 10.3. The third-order valence-corrected chi connectivity index (χ3v) is 5.59. The molecule has 2 heterocycles. The molecule has 0 spiro atoms. The smallest absolute Gasteiger partial charge is 0.322 e. The molecule has 0 saturated heterocycles. The van der Waals surface area contributed by atoms with Gasteiger partial charge >= 0.3 is 6.01 Å². The number of hydrogen-bond donors (Lipinski definition) is 1. The lowest BCUT2D eigenvalue weighted by molar-refractivity contribution is -0.116. The van der Waals surface area contributed by atoms with E-state index < -0.39 is 15.7 Å². The third kappa shape index (κ3) is 5.20. The van der Waals surface area contributed by atoms with E-state index in [1.165, 1.54) is 30.5 Å². The summed E-state index contributed by atoms with van der Waals surface area (Å²) < 4.78 is 40.1. The Hall–Kier alpha value is -2.59. The van der Waals surface area contributed by atoms with Crippen LogP contribution >= 0.6 is 11.6 Å². The van der Waals surface area contributed by atoms with E-state index >= 15 is 0 Å². The number of aromatic nitrogens is 2. The normalized spacial score (nSPS) is 14.0. The fraction of sp³-hybridized carbons (Fsp3) is 0.312. The molecule has 3 rings (SSSR count). The van der Waals surface area contributed by atoms with E-state index in [1.54, 1.807) is 0 Å². The van der Waals surface area contributed by atoms with Gasteiger partial charge in [0, 0.05) is 11.4 Å². The summed E-state index contributed by atoms with van der Waals surface area (Å²) in [6.07, 6.45) is 1.47. The molecule has 27 heavy (non-hydrogen) atoms. The van der Waals surface area contributed by atoms with Crippen LogP contribution in [0, 0.1) is 0 Å². The van der Waals surface area contributed by atoms with Crippen molar-refractivity contribution >= 4 is 39.1 Å². The molecular weight excluding hydrogens is 398 g/mol. The second kappa shape index (κ2) is 8.40. The summed E-state index contributed by atoms with van der Waals surface area (Å²) in [5, 5.41) is 10.3. The number of rotatable bonds is 7. The van der Waals surface area contributed by atoms with E-state index in [1.807, 2.05) is 0 Å². The van der Waals surface area contributed by atoms with Crippen LogP contribution in [0.1, 0.15) is 18.7 Å². The maximum absolute atomic E-state index is 12.2. The van der Waals surface area contributed by atoms with Crippen LogP contribution in [0.4, 0.5) is 6.01 Å². The summed E-state index contributed by atoms with van der Waals surface area (Å²) in [4.78, 5) is 12.1. The summed E-state index contributed by atoms with van der Waals surface area (Å²) in [5.41, 5.74) is 0. The molecule has 0 bridgehead atoms. The van der Waals surface area contributed by atoms with Crippen molar-refractivity contribution < 1.29 is 27.1 Å². The van der Waals surface area contributed by atoms with Crippen molar-refractivity contribution in [3.8, 4) is 0 Å². The number of sulfone groups is 1. The number of benzene rings is 1. The lowest BCUT2D eigenvalue weighted by Crippen LogP contribution is -2.14. The number of nitrogens with one attached hydrogen (secondary N) is 1. The fourth-order valence-electron chi connectivity index (χ4n) is 2.22. The Labute approximate surface area is 160 Å². The Morgan fingerprint density at radius 1 is 1.19 bits per heavy atom. The highest BCUT2D eigenvalue weighted by molar-refractivity contribution is 7.91. The first-order valence-electron chi connectivity index (χ1n) is 8.01. The van der Waals surface area contributed by atoms with Gasteiger partial charge in [-0.1, -0.05) is 16.7 Å². The SMILES string of the molecule is O=C(CCCS(=O)(=O)c1ccc(Cl)cc1)Nc1nnc(C2=COCCO2)o1. The molecule has 144 valence electrons. The van der Waals surface area contributed by atoms with Gasteiger partial charge in [-0.2, -0.15) is 0 Å². The maximum atomic E-state index is 12.2. The molecule has 2 aromatic rings. The lowest BCUT2D eigenvalue weighted by Gasteiger charge is -2.11. The fourth-order valence-corrected chi connectivity index (χ4v) is 3.65. The first-order valence-corrected chi connectivity index (χ1v) is 10.0. The zero-order valence-electron chi connectivity index (χ0n) is 14.1. The molecule has 0 unspecified atom stereocenters. The van der Waals surface area contributed by atoms with Crippen LogP contribution in [-0.2, 0) is 24.1 Å². The second-order valence-corrected chi connectivity index (χ2v) is 8.08. The molecule has 0 aliphatic carbocycles. The average Bonchev–Trinajstić information content (AvgIpc) is 3.11. The summed E-state index contributed by atoms with van der Waals surface area (Å²) in [5.74, 6) is -0.250. The molecule has 1 aromatic heterocycles. The van der Waals surface area contributed by atoms with Gasteiger partial charge in [-0.15, -0.1) is 5.10 Å². The van der Waals surface area contributed by atoms with Crippen molar-refractivity contribution in [1.82, 2.24) is 10.2 Å². The number of halogens is 1. The highest BCUT2D eigenvalue weighted by Crippen LogP contribution is 2.20. The topological polar surface area (TPSA) is 121 Å². The molecule has 0 saturated carbocycles. The molecule has 1 aliphatic rings. The number of carbonyl (C=O) groups is 1. The molecular formula is C16H16ClN3O6S. The van der Waals surface area contributed by atoms with Gasteiger partial charge in [-0.05, 0) is 30.7 Å². The van der Waals surface area contributed by atoms with Gasteiger partial charge in [0.05, 0.1) is 10.6 Å². The van der Waals surface area contributed by atoms with Gasteiger partial charge < -0.3 is 13.9 Å². The van der Waals surface area contributed by atoms with Crippen molar-refractivity contribution in [3.05, 3.63) is 41.4 Å². The first kappa shape index (κ1) is 19.2. The number of ether oxygens (including phenoxy) is 2. The van der Waals surface area contributed by atoms with Crippen molar-refractivity contribution in [1.29, 1.82) is 0 Å². The van der Waals surface area contributed by atoms with Crippen molar-refractivity contribution in [2.75, 3.05) is 24.3 Å². The highest BCUT2D eigenvalue weighted by Gasteiger charge is 2.18. The number of nitrogens with zero attached hydrogens (tertiary/aromatic N) is 2. The second-order valence-electron chi connectivity index (χ2n) is 5.54. The van der Waals surface area contributed by atoms with E-state index in [9.17, 15) is 13.2 Å². The van der Waals surface area contributed by atoms with Gasteiger partial charge in [-0.25, -0.2) is 8.42 Å². The summed E-state index contributed by atoms with van der Waals surface area (Å²) >= 11 is 5.75. The van der Waals surface area contributed by atoms with E-state index in [4.69, 9.17) is 25.5 Å². The molecule has 1 amide bonds. The van der Waals surface area contributed by atoms with Crippen LogP contribution in [0.5, 0.6) is 0 Å². The summed E-state index contributed by atoms with van der Waals surface area (Å²) in [6, 6.07) is 5.77. The summed E-state index contributed by atoms with van der Waals surface area (Å²) in [7, 11) is -3.48. The van der Waals surface area contributed by atoms with Gasteiger partial charge in [-0.3, -0.25) is 10.1 Å². The van der Waals surface area contributed by atoms with Gasteiger partial charge in [0.15, 0.2) is 9.84 Å². The molecule has 0 fully saturated rings. The Kier molecular flexibility index (Phi) is 5.97. The van der Waals surface area contributed by atoms with Crippen LogP contribution in [-0.4, -0.2) is 43.5 Å². The maximum Gasteiger partial charge on any atom is 0.322 e. The van der Waals surface area contributed by atoms with E-state index in [-0.39, 0.29) is 41.2 Å². The largest absolute Gasteiger partial charge is 0.494 e. The van der Waals surface area contributed by atoms with Crippen molar-refractivity contribution in [3.63, 3.8) is 0 Å². The number of amides is 1. The Morgan fingerprint density at radius 3 is 2.67 bits per heavy atom. The monoisotopic (exact) mass is 413 g/mol. The molecule has 0 radical (unpaired) electrons. The summed E-state index contributed by atoms with van der Waals surface area (Å²) in [6.45, 7) is 0.790. The van der Waals surface area contributed by atoms with E-state index in [0.29, 0.717) is 18.2 Å². The standard InChI is InChI=1S/C16H16ClN3O6S/c17-11-3-5-12(6-4-11)27(22,23)9-1-2-14(21)18-16-20-19-15(26-16)13-10-24-7-8-25-13/h3-6,10H,1-2,7-9H2,(H,18,20,21). The highest BCUT2D eigenvalue weighted by atomic mass is 35.5. The average molecular weight is 414 g/mol. The number of hydrogen-bond acceptors (Lipinski definition) is 8. The molecule has 0 atom stereocenters. The van der Waals surface area contributed by atoms with Crippen molar-refractivity contribution in [2.45, 2.75) is 17.7 Å². The minimum absolute atomic E-state index is 0.0210. The van der Waals surface area contributed by atoms with Gasteiger partial charge in [0.2, 0.25) is 11.7 Å². The van der Waals surface area contributed by atoms with Crippen LogP contribution in [0.15, 0.2) is 39.8 Å². The zero-order valence-corrected chi connectivity index (χ0v) is 15.6. The van der Waals surface area contributed by atoms with Gasteiger partial charge in [0.1, 0.15) is 19.5 Å². The molecule has 9 nitrogen and oxygen atoms in total. The van der Waals surface area contributed by atoms with E-state index in [0.717, 1.165) is 0 Å². The van der Waals surface area contributed by atoms with Crippen LogP contribution in [0.3, 0.4) is 0 Å². The Balaban J connectivity index is 1.49. The number of anilines is 1. The quantitative estimate of drug-likeness (QED) is 0.733. The molecule has 1 aliphatic heterocycles. The predicted octanol–water partition coefficient (Wildman–Crippen LogP) is 2.26. The van der Waals surface area contributed by atoms with E-state index in [2.05, 4.69) is 15.5 Å². The molecule has 1 aromatic carbocycles. The van der Waals surface area contributed by atoms with Crippen LogP contribution in [0.2, 0.25) is 5.02 Å². The first-order chi connectivity index (χ1) is 12.9. The predicted molar refractivity (Wildman–Crippen MR) is 95.5 cm³/mol. The minimum atomic E-state index is -3.48. The van der Waals surface area contributed by atoms with Gasteiger partial charge in [0.25, 0.3) is 5.89 Å². The molecule has 1 N–H and O–H groups in total. The Morgan fingerprint density at radius 2 is 1.96 bits per heavy atom. The third-order valence-electron chi connectivity index (χ3n) is 3.52. The van der Waals surface area contributed by atoms with Crippen molar-refractivity contribution in [2.24, 2.45) is 0 Å². The zero-order chi connectivity index (χ0) is 19.3. The minimum Gasteiger partial charge on any atom is -0.494 e. The number of carbonyl (C=O) groups excluding carboxylic acids is 1. The van der Waals surface area contributed by atoms with Crippen LogP contribution < -0.4 is 5.32 Å². The molecule has 11 heteroatoms. The van der Waals surface area contributed by atoms with Crippen LogP contribution in [0.25, 0.3) is 5.76 Å². The Bertz CT molecular complexity index is 939.